The van der Waals surface area contributed by atoms with Gasteiger partial charge in [-0.3, -0.25) is 14.6 Å². The largest absolute Gasteiger partial charge is 0.338 e. The van der Waals surface area contributed by atoms with Gasteiger partial charge in [-0.05, 0) is 25.3 Å². The molecule has 3 saturated heterocycles. The van der Waals surface area contributed by atoms with Gasteiger partial charge in [-0.25, -0.2) is 9.97 Å². The first-order valence-electron chi connectivity index (χ1n) is 9.60. The molecule has 4 aliphatic rings. The third-order valence-electron chi connectivity index (χ3n) is 6.20. The van der Waals surface area contributed by atoms with Gasteiger partial charge in [0.25, 0.3) is 0 Å². The zero-order chi connectivity index (χ0) is 16.8. The summed E-state index contributed by atoms with van der Waals surface area (Å²) in [6.45, 7) is 7.17. The van der Waals surface area contributed by atoms with Crippen LogP contribution < -0.4 is 4.90 Å². The van der Waals surface area contributed by atoms with Gasteiger partial charge in [0.15, 0.2) is 0 Å². The number of hydrogen-bond donors (Lipinski definition) is 0. The molecule has 25 heavy (non-hydrogen) atoms. The highest BCUT2D eigenvalue weighted by Crippen LogP contribution is 2.33. The summed E-state index contributed by atoms with van der Waals surface area (Å²) < 4.78 is 0. The van der Waals surface area contributed by atoms with Crippen LogP contribution in [0.15, 0.2) is 18.5 Å². The van der Waals surface area contributed by atoms with Gasteiger partial charge in [0.2, 0.25) is 11.9 Å². The second-order valence-corrected chi connectivity index (χ2v) is 7.75. The summed E-state index contributed by atoms with van der Waals surface area (Å²) >= 11 is 0. The summed E-state index contributed by atoms with van der Waals surface area (Å²) in [4.78, 5) is 30.6. The number of carbonyl (C=O) groups is 1. The Balaban J connectivity index is 1.10. The highest BCUT2D eigenvalue weighted by molar-refractivity contribution is 5.84. The Bertz CT molecular complexity index is 622. The van der Waals surface area contributed by atoms with Crippen molar-refractivity contribution in [3.8, 4) is 0 Å². The molecule has 1 atom stereocenters. The zero-order valence-corrected chi connectivity index (χ0v) is 14.6. The smallest absolute Gasteiger partial charge is 0.240 e. The second-order valence-electron chi connectivity index (χ2n) is 7.75. The lowest BCUT2D eigenvalue weighted by molar-refractivity contribution is -0.135. The van der Waals surface area contributed by atoms with Gasteiger partial charge in [0.05, 0.1) is 6.04 Å². The minimum absolute atomic E-state index is 0.163. The summed E-state index contributed by atoms with van der Waals surface area (Å²) in [5, 5.41) is 0. The molecule has 0 bridgehead atoms. The maximum Gasteiger partial charge on any atom is 0.240 e. The van der Waals surface area contributed by atoms with Gasteiger partial charge >= 0.3 is 0 Å². The number of rotatable bonds is 4. The third-order valence-corrected chi connectivity index (χ3v) is 6.20. The van der Waals surface area contributed by atoms with E-state index in [1.165, 1.54) is 12.8 Å². The van der Waals surface area contributed by atoms with E-state index < -0.39 is 0 Å². The number of amides is 1. The number of anilines is 1. The number of likely N-dealkylation sites (tertiary alicyclic amines) is 2. The van der Waals surface area contributed by atoms with Crippen molar-refractivity contribution >= 4 is 11.9 Å². The van der Waals surface area contributed by atoms with Crippen molar-refractivity contribution in [2.24, 2.45) is 0 Å². The Kier molecular flexibility index (Phi) is 3.86. The molecule has 0 aromatic carbocycles. The van der Waals surface area contributed by atoms with E-state index in [0.717, 1.165) is 58.2 Å². The molecule has 3 aliphatic heterocycles. The van der Waals surface area contributed by atoms with Gasteiger partial charge in [0.1, 0.15) is 0 Å². The first kappa shape index (κ1) is 15.5. The Morgan fingerprint density at radius 1 is 0.840 bits per heavy atom. The number of piperazine rings is 1. The van der Waals surface area contributed by atoms with Crippen LogP contribution in [0.25, 0.3) is 0 Å². The number of carbonyl (C=O) groups excluding carboxylic acids is 1. The van der Waals surface area contributed by atoms with Crippen LogP contribution >= 0.6 is 0 Å². The average Bonchev–Trinajstić information content (AvgIpc) is 3.39. The minimum atomic E-state index is 0.163. The van der Waals surface area contributed by atoms with Crippen LogP contribution in [0.2, 0.25) is 0 Å². The summed E-state index contributed by atoms with van der Waals surface area (Å²) in [7, 11) is 0. The molecule has 5 rings (SSSR count). The summed E-state index contributed by atoms with van der Waals surface area (Å²) in [5.41, 5.74) is 0. The van der Waals surface area contributed by atoms with Crippen LogP contribution in [0.4, 0.5) is 5.95 Å². The van der Waals surface area contributed by atoms with E-state index in [9.17, 15) is 4.79 Å². The Morgan fingerprint density at radius 2 is 1.56 bits per heavy atom. The first-order chi connectivity index (χ1) is 12.3. The molecule has 4 heterocycles. The summed E-state index contributed by atoms with van der Waals surface area (Å²) in [5.74, 6) is 1.24. The fourth-order valence-electron chi connectivity index (χ4n) is 4.49. The molecule has 1 unspecified atom stereocenters. The van der Waals surface area contributed by atoms with Crippen molar-refractivity contribution in [2.45, 2.75) is 37.4 Å². The number of hydrogen-bond acceptors (Lipinski definition) is 6. The van der Waals surface area contributed by atoms with Crippen LogP contribution in [0.1, 0.15) is 19.3 Å². The molecule has 7 heteroatoms. The lowest BCUT2D eigenvalue weighted by Gasteiger charge is -2.49. The number of nitrogens with zero attached hydrogens (tertiary/aromatic N) is 6. The van der Waals surface area contributed by atoms with E-state index >= 15 is 0 Å². The normalized spacial score (nSPS) is 29.3. The standard InChI is InChI=1S/C18H26N6O/c25-17-16(4-7-24(17)14-2-3-14)23-12-15(13-23)21-8-10-22(11-9-21)18-19-5-1-6-20-18/h1,5-6,14-16H,2-4,7-13H2. The predicted molar refractivity (Wildman–Crippen MR) is 94.3 cm³/mol. The molecule has 0 spiro atoms. The lowest BCUT2D eigenvalue weighted by atomic mass is 10.0. The van der Waals surface area contributed by atoms with E-state index in [2.05, 4.69) is 29.6 Å². The highest BCUT2D eigenvalue weighted by atomic mass is 16.2. The summed E-state index contributed by atoms with van der Waals surface area (Å²) in [6, 6.07) is 3.21. The van der Waals surface area contributed by atoms with Gasteiger partial charge in [-0.15, -0.1) is 0 Å². The van der Waals surface area contributed by atoms with E-state index in [1.807, 2.05) is 18.5 Å². The second kappa shape index (κ2) is 6.21. The maximum atomic E-state index is 12.6. The Labute approximate surface area is 148 Å². The molecule has 1 aromatic heterocycles. The molecule has 4 fully saturated rings. The highest BCUT2D eigenvalue weighted by Gasteiger charge is 2.46. The molecule has 1 saturated carbocycles. The van der Waals surface area contributed by atoms with Crippen molar-refractivity contribution in [1.82, 2.24) is 24.7 Å². The van der Waals surface area contributed by atoms with Crippen molar-refractivity contribution in [1.29, 1.82) is 0 Å². The quantitative estimate of drug-likeness (QED) is 0.771. The zero-order valence-electron chi connectivity index (χ0n) is 14.6. The Hall–Kier alpha value is -1.73. The van der Waals surface area contributed by atoms with Crippen molar-refractivity contribution < 1.29 is 4.79 Å². The molecular formula is C18H26N6O. The maximum absolute atomic E-state index is 12.6. The van der Waals surface area contributed by atoms with E-state index in [-0.39, 0.29) is 6.04 Å². The predicted octanol–water partition coefficient (Wildman–Crippen LogP) is 0.0461. The third kappa shape index (κ3) is 2.89. The van der Waals surface area contributed by atoms with Crippen LogP contribution in [-0.4, -0.2) is 94.5 Å². The molecule has 1 aromatic rings. The monoisotopic (exact) mass is 342 g/mol. The molecule has 7 nitrogen and oxygen atoms in total. The molecule has 134 valence electrons. The molecule has 1 amide bonds. The SMILES string of the molecule is O=C1C(N2CC(N3CCN(c4ncccn4)CC3)C2)CCN1C1CC1. The van der Waals surface area contributed by atoms with E-state index in [1.54, 1.807) is 0 Å². The van der Waals surface area contributed by atoms with Gasteiger partial charge in [0, 0.05) is 70.3 Å². The molecule has 0 radical (unpaired) electrons. The average molecular weight is 342 g/mol. The van der Waals surface area contributed by atoms with Gasteiger partial charge in [-0.1, -0.05) is 0 Å². The van der Waals surface area contributed by atoms with Gasteiger partial charge in [-0.2, -0.15) is 0 Å². The fraction of sp³-hybridized carbons (Fsp3) is 0.722. The minimum Gasteiger partial charge on any atom is -0.338 e. The summed E-state index contributed by atoms with van der Waals surface area (Å²) in [6.07, 6.45) is 7.08. The van der Waals surface area contributed by atoms with E-state index in [0.29, 0.717) is 18.0 Å². The first-order valence-corrected chi connectivity index (χ1v) is 9.60. The van der Waals surface area contributed by atoms with Crippen LogP contribution in [0, 0.1) is 0 Å². The van der Waals surface area contributed by atoms with E-state index in [4.69, 9.17) is 0 Å². The lowest BCUT2D eigenvalue weighted by Crippen LogP contribution is -2.66. The molecular weight excluding hydrogens is 316 g/mol. The number of aromatic nitrogens is 2. The molecule has 0 N–H and O–H groups in total. The fourth-order valence-corrected chi connectivity index (χ4v) is 4.49. The molecule has 1 aliphatic carbocycles. The van der Waals surface area contributed by atoms with Crippen LogP contribution in [0.3, 0.4) is 0 Å². The van der Waals surface area contributed by atoms with Gasteiger partial charge < -0.3 is 9.80 Å². The van der Waals surface area contributed by atoms with Crippen molar-refractivity contribution in [2.75, 3.05) is 50.7 Å². The van der Waals surface area contributed by atoms with Crippen molar-refractivity contribution in [3.63, 3.8) is 0 Å². The van der Waals surface area contributed by atoms with Crippen LogP contribution in [0.5, 0.6) is 0 Å². The topological polar surface area (TPSA) is 55.8 Å². The van der Waals surface area contributed by atoms with Crippen molar-refractivity contribution in [3.05, 3.63) is 18.5 Å². The Morgan fingerprint density at radius 3 is 2.24 bits per heavy atom. The van der Waals surface area contributed by atoms with Crippen LogP contribution in [-0.2, 0) is 4.79 Å².